The fraction of sp³-hybridized carbons (Fsp3) is 0.643. The Balaban J connectivity index is 2.38. The van der Waals surface area contributed by atoms with Gasteiger partial charge in [0.15, 0.2) is 5.78 Å². The zero-order chi connectivity index (χ0) is 15.2. The number of Topliss-reactive ketones (excluding diaryl/α,β-unsaturated/α-hetero) is 1. The normalized spacial score (nSPS) is 11.4. The lowest BCUT2D eigenvalue weighted by molar-refractivity contribution is -0.146. The molecule has 0 aliphatic rings. The van der Waals surface area contributed by atoms with Crippen molar-refractivity contribution in [2.75, 3.05) is 19.8 Å². The summed E-state index contributed by atoms with van der Waals surface area (Å²) in [4.78, 5) is 26.8. The second-order valence-corrected chi connectivity index (χ2v) is 5.17. The number of imidazole rings is 1. The zero-order valence-electron chi connectivity index (χ0n) is 12.5. The van der Waals surface area contributed by atoms with Crippen molar-refractivity contribution in [2.24, 2.45) is 0 Å². The maximum absolute atomic E-state index is 11.5. The molecule has 0 spiro atoms. The van der Waals surface area contributed by atoms with Gasteiger partial charge in [-0.05, 0) is 27.7 Å². The molecule has 0 saturated heterocycles. The summed E-state index contributed by atoms with van der Waals surface area (Å²) in [7, 11) is 0. The predicted molar refractivity (Wildman–Crippen MR) is 73.4 cm³/mol. The number of nitrogens with zero attached hydrogens (tertiary/aromatic N) is 2. The summed E-state index contributed by atoms with van der Waals surface area (Å²) in [5, 5.41) is 0. The third kappa shape index (κ3) is 4.77. The molecule has 1 rings (SSSR count). The van der Waals surface area contributed by atoms with Gasteiger partial charge in [-0.15, -0.1) is 0 Å². The van der Waals surface area contributed by atoms with E-state index in [1.807, 2.05) is 31.5 Å². The Hall–Kier alpha value is -1.69. The summed E-state index contributed by atoms with van der Waals surface area (Å²) in [5.74, 6) is 0.101. The molecule has 0 radical (unpaired) electrons. The third-order valence-corrected chi connectivity index (χ3v) is 2.84. The summed E-state index contributed by atoms with van der Waals surface area (Å²) in [6.45, 7) is 8.16. The smallest absolute Gasteiger partial charge is 0.313 e. The Morgan fingerprint density at radius 3 is 2.65 bits per heavy atom. The molecule has 6 nitrogen and oxygen atoms in total. The van der Waals surface area contributed by atoms with Crippen molar-refractivity contribution in [3.8, 4) is 0 Å². The van der Waals surface area contributed by atoms with Crippen LogP contribution in [0.3, 0.4) is 0 Å². The minimum atomic E-state index is -0.509. The van der Waals surface area contributed by atoms with Crippen LogP contribution in [0.5, 0.6) is 0 Å². The van der Waals surface area contributed by atoms with Crippen molar-refractivity contribution >= 4 is 11.8 Å². The Bertz CT molecular complexity index is 465. The largest absolute Gasteiger partial charge is 0.466 e. The number of hydrogen-bond donors (Lipinski definition) is 0. The van der Waals surface area contributed by atoms with Gasteiger partial charge in [-0.1, -0.05) is 0 Å². The van der Waals surface area contributed by atoms with Crippen molar-refractivity contribution in [3.05, 3.63) is 18.2 Å². The van der Waals surface area contributed by atoms with Crippen LogP contribution < -0.4 is 0 Å². The average molecular weight is 282 g/mol. The fourth-order valence-corrected chi connectivity index (χ4v) is 1.93. The number of ketones is 1. The van der Waals surface area contributed by atoms with Crippen LogP contribution >= 0.6 is 0 Å². The molecule has 0 bridgehead atoms. The molecule has 20 heavy (non-hydrogen) atoms. The number of aromatic nitrogens is 2. The molecule has 6 heteroatoms. The van der Waals surface area contributed by atoms with Crippen molar-refractivity contribution < 1.29 is 19.1 Å². The molecule has 0 aliphatic heterocycles. The quantitative estimate of drug-likeness (QED) is 0.533. The van der Waals surface area contributed by atoms with E-state index in [2.05, 4.69) is 4.98 Å². The highest BCUT2D eigenvalue weighted by molar-refractivity contribution is 5.96. The number of carbonyl (C=O) groups is 2. The second-order valence-electron chi connectivity index (χ2n) is 5.17. The van der Waals surface area contributed by atoms with E-state index in [4.69, 9.17) is 9.47 Å². The van der Waals surface area contributed by atoms with E-state index in [1.54, 1.807) is 13.1 Å². The van der Waals surface area contributed by atoms with Crippen LogP contribution in [0.4, 0.5) is 0 Å². The van der Waals surface area contributed by atoms with Gasteiger partial charge >= 0.3 is 5.97 Å². The molecule has 1 aromatic rings. The molecular weight excluding hydrogens is 260 g/mol. The molecule has 0 aromatic carbocycles. The number of rotatable bonds is 8. The van der Waals surface area contributed by atoms with Gasteiger partial charge in [0.1, 0.15) is 18.9 Å². The van der Waals surface area contributed by atoms with Gasteiger partial charge in [0, 0.05) is 12.4 Å². The topological polar surface area (TPSA) is 70.4 Å². The van der Waals surface area contributed by atoms with Crippen LogP contribution in [-0.2, 0) is 24.6 Å². The molecule has 0 aliphatic carbocycles. The molecule has 1 aromatic heterocycles. The lowest BCUT2D eigenvalue weighted by Gasteiger charge is -2.27. The van der Waals surface area contributed by atoms with Gasteiger partial charge in [-0.2, -0.15) is 0 Å². The van der Waals surface area contributed by atoms with Gasteiger partial charge in [-0.25, -0.2) is 4.98 Å². The molecule has 1 heterocycles. The zero-order valence-corrected chi connectivity index (χ0v) is 12.5. The van der Waals surface area contributed by atoms with E-state index in [0.717, 1.165) is 5.82 Å². The number of carbonyl (C=O) groups excluding carboxylic acids is 2. The molecule has 0 atom stereocenters. The first-order valence-corrected chi connectivity index (χ1v) is 6.62. The first-order chi connectivity index (χ1) is 9.36. The monoisotopic (exact) mass is 282 g/mol. The molecule has 0 N–H and O–H groups in total. The van der Waals surface area contributed by atoms with Gasteiger partial charge in [0.2, 0.25) is 0 Å². The Labute approximate surface area is 119 Å². The van der Waals surface area contributed by atoms with Crippen LogP contribution in [0.15, 0.2) is 12.4 Å². The fourth-order valence-electron chi connectivity index (χ4n) is 1.93. The number of esters is 1. The molecule has 0 unspecified atom stereocenters. The second kappa shape index (κ2) is 7.19. The van der Waals surface area contributed by atoms with E-state index in [-0.39, 0.29) is 31.0 Å². The molecular formula is C14H22N2O4. The van der Waals surface area contributed by atoms with E-state index in [0.29, 0.717) is 6.61 Å². The van der Waals surface area contributed by atoms with E-state index in [1.165, 1.54) is 0 Å². The number of hydrogen-bond acceptors (Lipinski definition) is 5. The number of ether oxygens (including phenoxy) is 2. The summed E-state index contributed by atoms with van der Waals surface area (Å²) in [6.07, 6.45) is 3.36. The van der Waals surface area contributed by atoms with E-state index < -0.39 is 5.97 Å². The minimum Gasteiger partial charge on any atom is -0.466 e. The predicted octanol–water partition coefficient (Wildman–Crippen LogP) is 1.47. The van der Waals surface area contributed by atoms with Crippen molar-refractivity contribution in [2.45, 2.75) is 39.7 Å². The molecule has 112 valence electrons. The Morgan fingerprint density at radius 2 is 2.10 bits per heavy atom. The molecule has 0 amide bonds. The Morgan fingerprint density at radius 1 is 1.40 bits per heavy atom. The highest BCUT2D eigenvalue weighted by Gasteiger charge is 2.22. The summed E-state index contributed by atoms with van der Waals surface area (Å²) >= 11 is 0. The maximum atomic E-state index is 11.5. The SMILES string of the molecule is CCOC(=O)CC(=O)COCC(C)(C)n1ccnc1C. The number of aryl methyl sites for hydroxylation is 1. The van der Waals surface area contributed by atoms with Crippen LogP contribution in [0.2, 0.25) is 0 Å². The average Bonchev–Trinajstić information content (AvgIpc) is 2.76. The van der Waals surface area contributed by atoms with Crippen molar-refractivity contribution in [3.63, 3.8) is 0 Å². The van der Waals surface area contributed by atoms with Crippen molar-refractivity contribution in [1.29, 1.82) is 0 Å². The first-order valence-electron chi connectivity index (χ1n) is 6.62. The maximum Gasteiger partial charge on any atom is 0.313 e. The summed E-state index contributed by atoms with van der Waals surface area (Å²) in [5.41, 5.74) is -0.301. The van der Waals surface area contributed by atoms with Gasteiger partial charge < -0.3 is 14.0 Å². The standard InChI is InChI=1S/C14H22N2O4/c1-5-20-13(18)8-12(17)9-19-10-14(3,4)16-7-6-15-11(16)2/h6-7H,5,8-10H2,1-4H3. The third-order valence-electron chi connectivity index (χ3n) is 2.84. The van der Waals surface area contributed by atoms with Crippen LogP contribution in [0.25, 0.3) is 0 Å². The Kier molecular flexibility index (Phi) is 5.88. The highest BCUT2D eigenvalue weighted by atomic mass is 16.5. The van der Waals surface area contributed by atoms with E-state index in [9.17, 15) is 9.59 Å². The minimum absolute atomic E-state index is 0.0873. The van der Waals surface area contributed by atoms with Crippen molar-refractivity contribution in [1.82, 2.24) is 9.55 Å². The highest BCUT2D eigenvalue weighted by Crippen LogP contribution is 2.17. The summed E-state index contributed by atoms with van der Waals surface area (Å²) < 4.78 is 12.1. The summed E-state index contributed by atoms with van der Waals surface area (Å²) in [6, 6.07) is 0. The van der Waals surface area contributed by atoms with Gasteiger partial charge in [0.25, 0.3) is 0 Å². The van der Waals surface area contributed by atoms with Crippen LogP contribution in [0, 0.1) is 6.92 Å². The van der Waals surface area contributed by atoms with E-state index >= 15 is 0 Å². The lowest BCUT2D eigenvalue weighted by atomic mass is 10.1. The molecule has 0 fully saturated rings. The van der Waals surface area contributed by atoms with Crippen LogP contribution in [0.1, 0.15) is 33.0 Å². The van der Waals surface area contributed by atoms with Gasteiger partial charge in [0.05, 0.1) is 18.8 Å². The first kappa shape index (κ1) is 16.4. The van der Waals surface area contributed by atoms with Crippen LogP contribution in [-0.4, -0.2) is 41.1 Å². The molecule has 0 saturated carbocycles. The lowest BCUT2D eigenvalue weighted by Crippen LogP contribution is -2.33. The van der Waals surface area contributed by atoms with Gasteiger partial charge in [-0.3, -0.25) is 9.59 Å².